The van der Waals surface area contributed by atoms with E-state index in [4.69, 9.17) is 5.11 Å². The summed E-state index contributed by atoms with van der Waals surface area (Å²) in [5.74, 6) is -0.966. The number of rotatable bonds is 8. The lowest BCUT2D eigenvalue weighted by atomic mass is 10.00. The van der Waals surface area contributed by atoms with Gasteiger partial charge in [0.2, 0.25) is 0 Å². The summed E-state index contributed by atoms with van der Waals surface area (Å²) >= 11 is 0. The molecule has 0 aromatic rings. The van der Waals surface area contributed by atoms with Crippen LogP contribution in [0.2, 0.25) is 0 Å². The highest BCUT2D eigenvalue weighted by molar-refractivity contribution is 5.69. The van der Waals surface area contributed by atoms with Crippen molar-refractivity contribution in [3.8, 4) is 0 Å². The van der Waals surface area contributed by atoms with Crippen LogP contribution < -0.4 is 5.32 Å². The topological polar surface area (TPSA) is 69.6 Å². The molecule has 1 aliphatic rings. The Morgan fingerprint density at radius 3 is 2.44 bits per heavy atom. The van der Waals surface area contributed by atoms with E-state index in [1.54, 1.807) is 6.92 Å². The summed E-state index contributed by atoms with van der Waals surface area (Å²) in [5.41, 5.74) is -0.497. The van der Waals surface area contributed by atoms with Gasteiger partial charge in [0, 0.05) is 12.6 Å². The fourth-order valence-corrected chi connectivity index (χ4v) is 2.53. The average Bonchev–Trinajstić information content (AvgIpc) is 2.74. The van der Waals surface area contributed by atoms with E-state index in [1.807, 2.05) is 0 Å². The summed E-state index contributed by atoms with van der Waals surface area (Å²) in [6, 6.07) is 0.343. The first-order chi connectivity index (χ1) is 8.43. The first kappa shape index (κ1) is 15.4. The Balaban J connectivity index is 2.10. The van der Waals surface area contributed by atoms with Gasteiger partial charge in [-0.05, 0) is 32.6 Å². The summed E-state index contributed by atoms with van der Waals surface area (Å²) < 4.78 is 0. The van der Waals surface area contributed by atoms with E-state index < -0.39 is 11.6 Å². The normalized spacial score (nSPS) is 21.7. The molecule has 2 unspecified atom stereocenters. The Morgan fingerprint density at radius 2 is 1.89 bits per heavy atom. The highest BCUT2D eigenvalue weighted by Crippen LogP contribution is 2.28. The van der Waals surface area contributed by atoms with Crippen molar-refractivity contribution >= 4 is 5.97 Å². The third-order valence-electron chi connectivity index (χ3n) is 4.01. The fourth-order valence-electron chi connectivity index (χ4n) is 2.53. The Morgan fingerprint density at radius 1 is 1.28 bits per heavy atom. The predicted molar refractivity (Wildman–Crippen MR) is 71.5 cm³/mol. The molecule has 0 saturated heterocycles. The van der Waals surface area contributed by atoms with Crippen LogP contribution in [0.5, 0.6) is 0 Å². The van der Waals surface area contributed by atoms with Crippen LogP contribution >= 0.6 is 0 Å². The van der Waals surface area contributed by atoms with Gasteiger partial charge in [0.25, 0.3) is 0 Å². The summed E-state index contributed by atoms with van der Waals surface area (Å²) in [6.07, 6.45) is 6.68. The smallest absolute Gasteiger partial charge is 0.306 e. The van der Waals surface area contributed by atoms with Crippen molar-refractivity contribution in [2.24, 2.45) is 5.92 Å². The zero-order valence-electron chi connectivity index (χ0n) is 11.6. The van der Waals surface area contributed by atoms with Gasteiger partial charge in [0.15, 0.2) is 0 Å². The van der Waals surface area contributed by atoms with E-state index in [0.29, 0.717) is 12.6 Å². The maximum absolute atomic E-state index is 10.7. The zero-order valence-corrected chi connectivity index (χ0v) is 11.6. The van der Waals surface area contributed by atoms with Gasteiger partial charge in [-0.3, -0.25) is 4.79 Å². The molecule has 0 aromatic heterocycles. The molecular weight excluding hydrogens is 230 g/mol. The lowest BCUT2D eigenvalue weighted by Gasteiger charge is -2.25. The number of aliphatic carboxylic acids is 1. The Bertz CT molecular complexity index is 262. The molecule has 0 spiro atoms. The van der Waals surface area contributed by atoms with E-state index in [1.165, 1.54) is 0 Å². The van der Waals surface area contributed by atoms with Gasteiger partial charge in [0.1, 0.15) is 0 Å². The molecule has 4 nitrogen and oxygen atoms in total. The highest BCUT2D eigenvalue weighted by atomic mass is 16.4. The molecule has 0 aromatic carbocycles. The Hall–Kier alpha value is -0.610. The first-order valence-electron chi connectivity index (χ1n) is 7.11. The minimum Gasteiger partial charge on any atom is -0.481 e. The van der Waals surface area contributed by atoms with Crippen molar-refractivity contribution in [3.63, 3.8) is 0 Å². The van der Waals surface area contributed by atoms with E-state index in [9.17, 15) is 9.90 Å². The van der Waals surface area contributed by atoms with Crippen molar-refractivity contribution in [1.29, 1.82) is 0 Å². The maximum Gasteiger partial charge on any atom is 0.306 e. The van der Waals surface area contributed by atoms with Crippen LogP contribution in [0.15, 0.2) is 0 Å². The standard InChI is InChI=1S/C14H27NO3/c1-11(13(16)17)6-5-7-12(2)15-10-14(18)8-3-4-9-14/h11-12,15,18H,3-10H2,1-2H3,(H,16,17). The largest absolute Gasteiger partial charge is 0.481 e. The van der Waals surface area contributed by atoms with Crippen LogP contribution in [-0.4, -0.2) is 34.4 Å². The molecule has 0 bridgehead atoms. The Kier molecular flexibility index (Phi) is 6.09. The second-order valence-corrected chi connectivity index (χ2v) is 5.88. The number of hydrogen-bond donors (Lipinski definition) is 3. The lowest BCUT2D eigenvalue weighted by Crippen LogP contribution is -2.41. The molecule has 1 fully saturated rings. The minimum absolute atomic E-state index is 0.254. The molecule has 1 rings (SSSR count). The van der Waals surface area contributed by atoms with E-state index in [0.717, 1.165) is 44.9 Å². The van der Waals surface area contributed by atoms with E-state index in [-0.39, 0.29) is 5.92 Å². The molecule has 0 amide bonds. The minimum atomic E-state index is -0.712. The summed E-state index contributed by atoms with van der Waals surface area (Å²) in [7, 11) is 0. The summed E-state index contributed by atoms with van der Waals surface area (Å²) in [4.78, 5) is 10.7. The maximum atomic E-state index is 10.7. The zero-order chi connectivity index (χ0) is 13.6. The molecule has 3 N–H and O–H groups in total. The molecule has 106 valence electrons. The van der Waals surface area contributed by atoms with E-state index in [2.05, 4.69) is 12.2 Å². The number of carboxylic acids is 1. The van der Waals surface area contributed by atoms with Crippen LogP contribution in [0.1, 0.15) is 58.8 Å². The summed E-state index contributed by atoms with van der Waals surface area (Å²) in [6.45, 7) is 4.52. The van der Waals surface area contributed by atoms with Crippen LogP contribution in [-0.2, 0) is 4.79 Å². The number of hydrogen-bond acceptors (Lipinski definition) is 3. The third-order valence-corrected chi connectivity index (χ3v) is 4.01. The third kappa shape index (κ3) is 5.36. The SMILES string of the molecule is CC(CCCC(C)C(=O)O)NCC1(O)CCCC1. The monoisotopic (exact) mass is 257 g/mol. The number of carboxylic acid groups (broad SMARTS) is 1. The Labute approximate surface area is 110 Å². The van der Waals surface area contributed by atoms with Gasteiger partial charge in [-0.25, -0.2) is 0 Å². The van der Waals surface area contributed by atoms with Crippen molar-refractivity contribution in [2.75, 3.05) is 6.54 Å². The lowest BCUT2D eigenvalue weighted by molar-refractivity contribution is -0.141. The molecule has 1 saturated carbocycles. The first-order valence-corrected chi connectivity index (χ1v) is 7.11. The number of aliphatic hydroxyl groups is 1. The van der Waals surface area contributed by atoms with Crippen LogP contribution in [0.25, 0.3) is 0 Å². The average molecular weight is 257 g/mol. The molecule has 1 aliphatic carbocycles. The molecular formula is C14H27NO3. The van der Waals surface area contributed by atoms with Crippen molar-refractivity contribution in [1.82, 2.24) is 5.32 Å². The van der Waals surface area contributed by atoms with Crippen LogP contribution in [0, 0.1) is 5.92 Å². The van der Waals surface area contributed by atoms with Crippen molar-refractivity contribution < 1.29 is 15.0 Å². The van der Waals surface area contributed by atoms with Crippen LogP contribution in [0.3, 0.4) is 0 Å². The molecule has 4 heteroatoms. The van der Waals surface area contributed by atoms with Gasteiger partial charge in [-0.2, -0.15) is 0 Å². The van der Waals surface area contributed by atoms with Gasteiger partial charge in [-0.1, -0.05) is 26.2 Å². The number of carbonyl (C=O) groups is 1. The second kappa shape index (κ2) is 7.10. The molecule has 0 heterocycles. The molecule has 0 radical (unpaired) electrons. The number of nitrogens with one attached hydrogen (secondary N) is 1. The van der Waals surface area contributed by atoms with Gasteiger partial charge >= 0.3 is 5.97 Å². The predicted octanol–water partition coefficient (Wildman–Crippen LogP) is 2.16. The van der Waals surface area contributed by atoms with Gasteiger partial charge in [-0.15, -0.1) is 0 Å². The quantitative estimate of drug-likeness (QED) is 0.623. The second-order valence-electron chi connectivity index (χ2n) is 5.88. The fraction of sp³-hybridized carbons (Fsp3) is 0.929. The van der Waals surface area contributed by atoms with Crippen LogP contribution in [0.4, 0.5) is 0 Å². The van der Waals surface area contributed by atoms with Gasteiger partial charge in [0.05, 0.1) is 11.5 Å². The molecule has 0 aliphatic heterocycles. The molecule has 2 atom stereocenters. The van der Waals surface area contributed by atoms with E-state index >= 15 is 0 Å². The summed E-state index contributed by atoms with van der Waals surface area (Å²) in [5, 5.41) is 22.3. The highest BCUT2D eigenvalue weighted by Gasteiger charge is 2.30. The van der Waals surface area contributed by atoms with Crippen molar-refractivity contribution in [2.45, 2.75) is 70.4 Å². The van der Waals surface area contributed by atoms with Gasteiger partial charge < -0.3 is 15.5 Å². The molecule has 18 heavy (non-hydrogen) atoms. The van der Waals surface area contributed by atoms with Crippen molar-refractivity contribution in [3.05, 3.63) is 0 Å².